The molecule has 242 valence electrons. The lowest BCUT2D eigenvalue weighted by Crippen LogP contribution is -2.68. The van der Waals surface area contributed by atoms with Gasteiger partial charge in [0.15, 0.2) is 15.4 Å². The lowest BCUT2D eigenvalue weighted by molar-refractivity contribution is -0.154. The third-order valence-corrected chi connectivity index (χ3v) is 10.6. The van der Waals surface area contributed by atoms with Crippen molar-refractivity contribution in [2.45, 2.75) is 73.3 Å². The number of nitrogens with one attached hydrogen (secondary N) is 1. The maximum absolute atomic E-state index is 15.1. The van der Waals surface area contributed by atoms with Crippen LogP contribution in [0.5, 0.6) is 0 Å². The molecule has 1 aromatic carbocycles. The van der Waals surface area contributed by atoms with Gasteiger partial charge in [0.2, 0.25) is 6.41 Å². The molecule has 2 aliphatic heterocycles. The highest BCUT2D eigenvalue weighted by molar-refractivity contribution is 7.92. The summed E-state index contributed by atoms with van der Waals surface area (Å²) in [6.07, 6.45) is 2.66. The number of sulfone groups is 1. The topological polar surface area (TPSA) is 150 Å². The Kier molecular flexibility index (Phi) is 9.68. The summed E-state index contributed by atoms with van der Waals surface area (Å²) < 4.78 is 60.5. The molecule has 5 rings (SSSR count). The number of aromatic nitrogens is 1. The van der Waals surface area contributed by atoms with E-state index in [1.165, 1.54) is 11.1 Å². The van der Waals surface area contributed by atoms with Crippen molar-refractivity contribution in [3.05, 3.63) is 57.8 Å². The van der Waals surface area contributed by atoms with Crippen molar-refractivity contribution in [1.82, 2.24) is 20.1 Å². The first kappa shape index (κ1) is 34.3. The fourth-order valence-corrected chi connectivity index (χ4v) is 7.51. The predicted octanol–water partition coefficient (Wildman–Crippen LogP) is 4.37. The van der Waals surface area contributed by atoms with Crippen molar-refractivity contribution in [3.8, 4) is 6.07 Å². The zero-order valence-electron chi connectivity index (χ0n) is 24.6. The van der Waals surface area contributed by atoms with Gasteiger partial charge in [0, 0.05) is 32.3 Å². The zero-order valence-corrected chi connectivity index (χ0v) is 27.0. The third kappa shape index (κ3) is 7.00. The van der Waals surface area contributed by atoms with E-state index in [4.69, 9.17) is 33.2 Å². The second-order valence-corrected chi connectivity index (χ2v) is 15.0. The van der Waals surface area contributed by atoms with Gasteiger partial charge in [0.25, 0.3) is 5.91 Å². The van der Waals surface area contributed by atoms with E-state index >= 15 is 4.39 Å². The molecule has 3 amide bonds. The Morgan fingerprint density at radius 1 is 1.18 bits per heavy atom. The molecule has 2 atom stereocenters. The molecule has 1 saturated carbocycles. The van der Waals surface area contributed by atoms with Gasteiger partial charge in [-0.3, -0.25) is 19.5 Å². The standard InChI is InChI=1S/C24H25Cl2F2N3O5S.C5H6N2O/c1-23(2,3)36-22(33)31-9-7-24(31,20-18(28)10-14(25)12-29-20)21(32)30-8-6-16(13-30)37(34,35)19-5-4-15(27)11-17(19)26;6-3-5(1-2-5)7-4-8/h4-5,10-12,16H,6-9,13H2,1-3H3;4H,1-2H2,(H,7,8). The summed E-state index contributed by atoms with van der Waals surface area (Å²) in [6.45, 7) is 4.88. The molecule has 11 nitrogen and oxygen atoms in total. The van der Waals surface area contributed by atoms with Gasteiger partial charge in [0.1, 0.15) is 28.5 Å². The smallest absolute Gasteiger partial charge is 0.411 e. The number of amides is 3. The summed E-state index contributed by atoms with van der Waals surface area (Å²) >= 11 is 11.9. The zero-order chi connectivity index (χ0) is 33.4. The van der Waals surface area contributed by atoms with Gasteiger partial charge < -0.3 is 15.0 Å². The molecule has 0 radical (unpaired) electrons. The summed E-state index contributed by atoms with van der Waals surface area (Å²) in [5.74, 6) is -2.24. The highest BCUT2D eigenvalue weighted by Gasteiger charge is 2.60. The Bertz CT molecular complexity index is 1660. The number of carbonyl (C=O) groups is 3. The number of hydrogen-bond donors (Lipinski definition) is 1. The Labute approximate surface area is 269 Å². The lowest BCUT2D eigenvalue weighted by atomic mass is 9.79. The van der Waals surface area contributed by atoms with Gasteiger partial charge in [-0.05, 0) is 64.3 Å². The second-order valence-electron chi connectivity index (χ2n) is 12.0. The fourth-order valence-electron chi connectivity index (χ4n) is 5.14. The van der Waals surface area contributed by atoms with Gasteiger partial charge >= 0.3 is 6.09 Å². The van der Waals surface area contributed by atoms with Crippen molar-refractivity contribution < 1.29 is 36.3 Å². The first-order chi connectivity index (χ1) is 21.0. The average molecular weight is 687 g/mol. The Morgan fingerprint density at radius 2 is 1.87 bits per heavy atom. The number of ether oxygens (including phenoxy) is 1. The van der Waals surface area contributed by atoms with E-state index in [2.05, 4.69) is 10.3 Å². The van der Waals surface area contributed by atoms with E-state index in [0.29, 0.717) is 6.41 Å². The molecule has 16 heteroatoms. The Morgan fingerprint density at radius 3 is 2.36 bits per heavy atom. The molecular formula is C29H31Cl2F2N5O6S. The largest absolute Gasteiger partial charge is 0.444 e. The number of nitriles is 1. The molecule has 0 spiro atoms. The van der Waals surface area contributed by atoms with Crippen molar-refractivity contribution >= 4 is 51.4 Å². The van der Waals surface area contributed by atoms with Crippen LogP contribution in [0.15, 0.2) is 35.4 Å². The number of benzene rings is 1. The van der Waals surface area contributed by atoms with Gasteiger partial charge in [-0.1, -0.05) is 23.2 Å². The second kappa shape index (κ2) is 12.7. The summed E-state index contributed by atoms with van der Waals surface area (Å²) in [7, 11) is -4.02. The monoisotopic (exact) mass is 685 g/mol. The number of carbonyl (C=O) groups excluding carboxylic acids is 3. The minimum absolute atomic E-state index is 0.00972. The maximum atomic E-state index is 15.1. The molecule has 0 bridgehead atoms. The van der Waals surface area contributed by atoms with Gasteiger partial charge in [0.05, 0.1) is 26.3 Å². The quantitative estimate of drug-likeness (QED) is 0.348. The average Bonchev–Trinajstić information content (AvgIpc) is 3.50. The van der Waals surface area contributed by atoms with Crippen LogP contribution in [-0.2, 0) is 29.7 Å². The van der Waals surface area contributed by atoms with Gasteiger partial charge in [-0.15, -0.1) is 0 Å². The summed E-state index contributed by atoms with van der Waals surface area (Å²) in [4.78, 5) is 42.9. The highest BCUT2D eigenvalue weighted by atomic mass is 35.5. The van der Waals surface area contributed by atoms with Gasteiger partial charge in [-0.25, -0.2) is 22.0 Å². The van der Waals surface area contributed by atoms with Gasteiger partial charge in [-0.2, -0.15) is 5.26 Å². The first-order valence-electron chi connectivity index (χ1n) is 13.9. The van der Waals surface area contributed by atoms with Crippen LogP contribution < -0.4 is 5.32 Å². The molecule has 3 aliphatic rings. The summed E-state index contributed by atoms with van der Waals surface area (Å²) in [5, 5.41) is 9.47. The van der Waals surface area contributed by atoms with Crippen molar-refractivity contribution in [2.24, 2.45) is 0 Å². The maximum Gasteiger partial charge on any atom is 0.411 e. The number of halogens is 4. The van der Waals surface area contributed by atoms with Crippen LogP contribution in [0.4, 0.5) is 13.6 Å². The van der Waals surface area contributed by atoms with Crippen molar-refractivity contribution in [1.29, 1.82) is 5.26 Å². The van der Waals surface area contributed by atoms with Crippen LogP contribution in [0.3, 0.4) is 0 Å². The number of nitrogens with zero attached hydrogens (tertiary/aromatic N) is 4. The molecule has 2 aromatic rings. The van der Waals surface area contributed by atoms with E-state index in [9.17, 15) is 27.2 Å². The number of pyridine rings is 1. The Balaban J connectivity index is 0.000000501. The Hall–Kier alpha value is -3.54. The molecule has 1 N–H and O–H groups in total. The lowest BCUT2D eigenvalue weighted by Gasteiger charge is -2.51. The van der Waals surface area contributed by atoms with E-state index in [-0.39, 0.29) is 53.1 Å². The van der Waals surface area contributed by atoms with Crippen LogP contribution in [-0.4, -0.2) is 77.6 Å². The number of hydrogen-bond acceptors (Lipinski definition) is 8. The number of likely N-dealkylation sites (tertiary alicyclic amines) is 2. The number of rotatable bonds is 6. The molecule has 1 aliphatic carbocycles. The fraction of sp³-hybridized carbons (Fsp3) is 0.483. The van der Waals surface area contributed by atoms with Crippen LogP contribution in [0.1, 0.15) is 52.1 Å². The predicted molar refractivity (Wildman–Crippen MR) is 159 cm³/mol. The van der Waals surface area contributed by atoms with E-state index in [1.807, 2.05) is 6.07 Å². The minimum atomic E-state index is -4.02. The molecule has 2 saturated heterocycles. The molecule has 3 fully saturated rings. The van der Waals surface area contributed by atoms with E-state index in [1.54, 1.807) is 20.8 Å². The van der Waals surface area contributed by atoms with Crippen molar-refractivity contribution in [2.75, 3.05) is 19.6 Å². The highest BCUT2D eigenvalue weighted by Crippen LogP contribution is 2.44. The molecule has 45 heavy (non-hydrogen) atoms. The third-order valence-electron chi connectivity index (χ3n) is 7.70. The molecule has 2 unspecified atom stereocenters. The normalized spacial score (nSPS) is 21.9. The van der Waals surface area contributed by atoms with E-state index < -0.39 is 55.4 Å². The van der Waals surface area contributed by atoms with E-state index in [0.717, 1.165) is 42.0 Å². The van der Waals surface area contributed by atoms with Crippen LogP contribution in [0, 0.1) is 23.0 Å². The SMILES string of the molecule is CC(C)(C)OC(=O)N1CCC1(C(=O)N1CCC(S(=O)(=O)c2ccc(F)cc2Cl)C1)c1ncc(Cl)cc1F.N#CC1(NC=O)CC1. The van der Waals surface area contributed by atoms with Crippen LogP contribution in [0.2, 0.25) is 10.0 Å². The molecular weight excluding hydrogens is 655 g/mol. The van der Waals surface area contributed by atoms with Crippen LogP contribution >= 0.6 is 23.2 Å². The molecule has 1 aromatic heterocycles. The minimum Gasteiger partial charge on any atom is -0.444 e. The first-order valence-corrected chi connectivity index (χ1v) is 16.2. The van der Waals surface area contributed by atoms with Crippen molar-refractivity contribution in [3.63, 3.8) is 0 Å². The molecule has 3 heterocycles. The van der Waals surface area contributed by atoms with Crippen LogP contribution in [0.25, 0.3) is 0 Å². The summed E-state index contributed by atoms with van der Waals surface area (Å²) in [6, 6.07) is 5.99. The summed E-state index contributed by atoms with van der Waals surface area (Å²) in [5.41, 5.74) is -3.48.